The Bertz CT molecular complexity index is 1110. The van der Waals surface area contributed by atoms with Gasteiger partial charge in [0.2, 0.25) is 0 Å². The summed E-state index contributed by atoms with van der Waals surface area (Å²) in [6.45, 7) is 13.9. The first-order chi connectivity index (χ1) is 34.7. The third-order valence-electron chi connectivity index (χ3n) is 15.6. The van der Waals surface area contributed by atoms with E-state index in [2.05, 4.69) is 41.5 Å². The summed E-state index contributed by atoms with van der Waals surface area (Å²) in [5.41, 5.74) is 0. The number of rotatable bonds is 58. The minimum absolute atomic E-state index is 0.0628. The van der Waals surface area contributed by atoms with Crippen molar-refractivity contribution in [3.8, 4) is 0 Å². The molecule has 422 valence electrons. The molecule has 0 aromatic rings. The van der Waals surface area contributed by atoms with Gasteiger partial charge in [-0.05, 0) is 37.0 Å². The Kier molecular flexibility index (Phi) is 54.9. The van der Waals surface area contributed by atoms with Crippen molar-refractivity contribution < 1.29 is 28.6 Å². The molecule has 6 nitrogen and oxygen atoms in total. The third kappa shape index (κ3) is 56.0. The summed E-state index contributed by atoms with van der Waals surface area (Å²) < 4.78 is 17.0. The van der Waals surface area contributed by atoms with E-state index in [1.54, 1.807) is 0 Å². The van der Waals surface area contributed by atoms with Crippen LogP contribution in [-0.4, -0.2) is 37.2 Å². The van der Waals surface area contributed by atoms with E-state index in [4.69, 9.17) is 14.2 Å². The zero-order valence-corrected chi connectivity index (χ0v) is 49.0. The molecule has 0 N–H and O–H groups in total. The van der Waals surface area contributed by atoms with Gasteiger partial charge in [-0.1, -0.05) is 324 Å². The Balaban J connectivity index is 4.27. The highest BCUT2D eigenvalue weighted by Gasteiger charge is 2.19. The Morgan fingerprint density at radius 1 is 0.282 bits per heavy atom. The van der Waals surface area contributed by atoms with Gasteiger partial charge in [0.1, 0.15) is 13.2 Å². The molecule has 0 heterocycles. The predicted molar refractivity (Wildman–Crippen MR) is 307 cm³/mol. The van der Waals surface area contributed by atoms with Crippen molar-refractivity contribution in [1.29, 1.82) is 0 Å². The molecular formula is C65H126O6. The van der Waals surface area contributed by atoms with Gasteiger partial charge in [-0.25, -0.2) is 0 Å². The SMILES string of the molecule is CCC(C)CCCCCCCCCCCCCCCCCCCCC(=O)O[C@@H](COC(=O)CCCCCCCCCCCCCCCCC(C)C)COC(=O)CCCCCCCCCCCCC(C)CC. The highest BCUT2D eigenvalue weighted by Crippen LogP contribution is 2.20. The molecule has 0 fully saturated rings. The van der Waals surface area contributed by atoms with E-state index in [0.29, 0.717) is 19.3 Å². The summed E-state index contributed by atoms with van der Waals surface area (Å²) in [6, 6.07) is 0. The van der Waals surface area contributed by atoms with E-state index in [0.717, 1.165) is 75.5 Å². The number of ether oxygens (including phenoxy) is 3. The summed E-state index contributed by atoms with van der Waals surface area (Å²) in [7, 11) is 0. The molecule has 0 spiro atoms. The molecule has 0 aliphatic rings. The van der Waals surface area contributed by atoms with Gasteiger partial charge in [-0.15, -0.1) is 0 Å². The average Bonchev–Trinajstić information content (AvgIpc) is 3.36. The molecule has 0 aliphatic heterocycles. The van der Waals surface area contributed by atoms with E-state index in [1.807, 2.05) is 0 Å². The fraction of sp³-hybridized carbons (Fsp3) is 0.954. The van der Waals surface area contributed by atoms with Gasteiger partial charge in [0.25, 0.3) is 0 Å². The van der Waals surface area contributed by atoms with Gasteiger partial charge in [-0.3, -0.25) is 14.4 Å². The first-order valence-corrected chi connectivity index (χ1v) is 32.2. The van der Waals surface area contributed by atoms with E-state index >= 15 is 0 Å². The molecule has 3 atom stereocenters. The normalized spacial score (nSPS) is 12.9. The van der Waals surface area contributed by atoms with Gasteiger partial charge >= 0.3 is 17.9 Å². The van der Waals surface area contributed by atoms with E-state index in [9.17, 15) is 14.4 Å². The van der Waals surface area contributed by atoms with Crippen molar-refractivity contribution in [1.82, 2.24) is 0 Å². The monoisotopic (exact) mass is 1000 g/mol. The van der Waals surface area contributed by atoms with E-state index < -0.39 is 6.10 Å². The molecule has 0 aromatic heterocycles. The lowest BCUT2D eigenvalue weighted by Crippen LogP contribution is -2.30. The number of esters is 3. The highest BCUT2D eigenvalue weighted by molar-refractivity contribution is 5.71. The summed E-state index contributed by atoms with van der Waals surface area (Å²) in [5.74, 6) is 1.79. The molecule has 2 unspecified atom stereocenters. The fourth-order valence-corrected chi connectivity index (χ4v) is 10.00. The molecule has 0 aromatic carbocycles. The molecule has 0 amide bonds. The lowest BCUT2D eigenvalue weighted by atomic mass is 9.99. The molecule has 0 radical (unpaired) electrons. The first kappa shape index (κ1) is 69.4. The van der Waals surface area contributed by atoms with Crippen LogP contribution in [0.15, 0.2) is 0 Å². The number of carbonyl (C=O) groups is 3. The number of hydrogen-bond acceptors (Lipinski definition) is 6. The van der Waals surface area contributed by atoms with Crippen LogP contribution in [0.5, 0.6) is 0 Å². The van der Waals surface area contributed by atoms with Crippen molar-refractivity contribution in [2.45, 2.75) is 369 Å². The second kappa shape index (κ2) is 56.1. The maximum absolute atomic E-state index is 12.9. The largest absolute Gasteiger partial charge is 0.462 e. The molecule has 71 heavy (non-hydrogen) atoms. The minimum Gasteiger partial charge on any atom is -0.462 e. The average molecular weight is 1000 g/mol. The molecule has 0 rings (SSSR count). The zero-order valence-electron chi connectivity index (χ0n) is 49.0. The Labute approximate surface area is 444 Å². The van der Waals surface area contributed by atoms with E-state index in [-0.39, 0.29) is 31.1 Å². The van der Waals surface area contributed by atoms with Crippen molar-refractivity contribution in [2.24, 2.45) is 17.8 Å². The first-order valence-electron chi connectivity index (χ1n) is 32.2. The van der Waals surface area contributed by atoms with Crippen molar-refractivity contribution in [3.63, 3.8) is 0 Å². The third-order valence-corrected chi connectivity index (χ3v) is 15.6. The van der Waals surface area contributed by atoms with Gasteiger partial charge in [0, 0.05) is 19.3 Å². The second-order valence-electron chi connectivity index (χ2n) is 23.4. The summed E-state index contributed by atoms with van der Waals surface area (Å²) in [5, 5.41) is 0. The van der Waals surface area contributed by atoms with Crippen LogP contribution in [0.3, 0.4) is 0 Å². The van der Waals surface area contributed by atoms with Crippen LogP contribution in [0, 0.1) is 17.8 Å². The lowest BCUT2D eigenvalue weighted by molar-refractivity contribution is -0.167. The summed E-state index contributed by atoms with van der Waals surface area (Å²) >= 11 is 0. The van der Waals surface area contributed by atoms with Crippen molar-refractivity contribution in [3.05, 3.63) is 0 Å². The number of hydrogen-bond donors (Lipinski definition) is 0. The maximum atomic E-state index is 12.9. The summed E-state index contributed by atoms with van der Waals surface area (Å²) in [6.07, 6.45) is 60.9. The van der Waals surface area contributed by atoms with Gasteiger partial charge in [-0.2, -0.15) is 0 Å². The molecule has 0 saturated heterocycles. The second-order valence-corrected chi connectivity index (χ2v) is 23.4. The molecular weight excluding hydrogens is 877 g/mol. The Hall–Kier alpha value is -1.59. The van der Waals surface area contributed by atoms with Crippen LogP contribution >= 0.6 is 0 Å². The van der Waals surface area contributed by atoms with Gasteiger partial charge in [0.15, 0.2) is 6.10 Å². The highest BCUT2D eigenvalue weighted by atomic mass is 16.6. The molecule has 0 saturated carbocycles. The Morgan fingerprint density at radius 3 is 0.732 bits per heavy atom. The zero-order chi connectivity index (χ0) is 51.9. The Morgan fingerprint density at radius 2 is 0.493 bits per heavy atom. The molecule has 0 aliphatic carbocycles. The quantitative estimate of drug-likeness (QED) is 0.0343. The number of carbonyl (C=O) groups excluding carboxylic acids is 3. The van der Waals surface area contributed by atoms with Gasteiger partial charge in [0.05, 0.1) is 0 Å². The van der Waals surface area contributed by atoms with Crippen LogP contribution in [0.2, 0.25) is 0 Å². The topological polar surface area (TPSA) is 78.9 Å². The summed E-state index contributed by atoms with van der Waals surface area (Å²) in [4.78, 5) is 38.3. The molecule has 0 bridgehead atoms. The molecule has 6 heteroatoms. The van der Waals surface area contributed by atoms with Crippen molar-refractivity contribution >= 4 is 17.9 Å². The lowest BCUT2D eigenvalue weighted by Gasteiger charge is -2.18. The maximum Gasteiger partial charge on any atom is 0.306 e. The smallest absolute Gasteiger partial charge is 0.306 e. The van der Waals surface area contributed by atoms with Crippen LogP contribution in [0.4, 0.5) is 0 Å². The minimum atomic E-state index is -0.765. The van der Waals surface area contributed by atoms with E-state index in [1.165, 1.54) is 244 Å². The van der Waals surface area contributed by atoms with Crippen LogP contribution in [0.25, 0.3) is 0 Å². The number of unbranched alkanes of at least 4 members (excludes halogenated alkanes) is 39. The van der Waals surface area contributed by atoms with Crippen LogP contribution in [-0.2, 0) is 28.6 Å². The predicted octanol–water partition coefficient (Wildman–Crippen LogP) is 21.5. The van der Waals surface area contributed by atoms with Gasteiger partial charge < -0.3 is 14.2 Å². The fourth-order valence-electron chi connectivity index (χ4n) is 10.00. The van der Waals surface area contributed by atoms with Crippen LogP contribution < -0.4 is 0 Å². The van der Waals surface area contributed by atoms with Crippen LogP contribution in [0.1, 0.15) is 363 Å². The standard InChI is InChI=1S/C65H126O6/c1-7-60(5)52-46-40-34-28-22-18-13-11-9-10-12-14-20-24-32-38-44-50-56-65(68)71-62(58-70-64(67)55-49-43-37-31-26-25-29-35-41-47-53-61(6)8-2)57-69-63(66)54-48-42-36-30-23-19-16-15-17-21-27-33-39-45-51-59(3)4/h59-62H,7-58H2,1-6H3/t60?,61?,62-/m0/s1. The van der Waals surface area contributed by atoms with Crippen molar-refractivity contribution in [2.75, 3.05) is 13.2 Å².